The molecule has 0 saturated carbocycles. The summed E-state index contributed by atoms with van der Waals surface area (Å²) >= 11 is 1.62. The van der Waals surface area contributed by atoms with Gasteiger partial charge in [0.15, 0.2) is 11.5 Å². The number of carbonyl (C=O) groups is 1. The first-order valence-electron chi connectivity index (χ1n) is 9.04. The van der Waals surface area contributed by atoms with Gasteiger partial charge in [0.25, 0.3) is 0 Å². The van der Waals surface area contributed by atoms with Crippen LogP contribution in [0.15, 0.2) is 36.4 Å². The summed E-state index contributed by atoms with van der Waals surface area (Å²) in [6, 6.07) is 11.9. The van der Waals surface area contributed by atoms with E-state index in [4.69, 9.17) is 14.2 Å². The highest BCUT2D eigenvalue weighted by Gasteiger charge is 2.13. The Kier molecular flexibility index (Phi) is 6.87. The predicted octanol–water partition coefficient (Wildman–Crippen LogP) is 3.85. The van der Waals surface area contributed by atoms with E-state index in [1.807, 2.05) is 30.3 Å². The number of hydrogen-bond donors (Lipinski definition) is 1. The van der Waals surface area contributed by atoms with E-state index in [-0.39, 0.29) is 12.7 Å². The van der Waals surface area contributed by atoms with Crippen molar-refractivity contribution in [1.29, 1.82) is 0 Å². The smallest absolute Gasteiger partial charge is 0.231 e. The highest BCUT2D eigenvalue weighted by molar-refractivity contribution is 7.99. The van der Waals surface area contributed by atoms with E-state index in [2.05, 4.69) is 25.2 Å². The third kappa shape index (κ3) is 6.10. The van der Waals surface area contributed by atoms with Crippen LogP contribution in [-0.2, 0) is 11.3 Å². The second-order valence-corrected chi connectivity index (χ2v) is 7.65. The summed E-state index contributed by atoms with van der Waals surface area (Å²) in [5, 5.41) is 2.93. The molecule has 3 rings (SSSR count). The van der Waals surface area contributed by atoms with Crippen LogP contribution in [0.1, 0.15) is 23.1 Å². The van der Waals surface area contributed by atoms with E-state index >= 15 is 0 Å². The molecule has 0 aliphatic carbocycles. The average Bonchev–Trinajstić information content (AvgIpc) is 3.10. The van der Waals surface area contributed by atoms with Crippen molar-refractivity contribution in [3.05, 3.63) is 53.1 Å². The zero-order chi connectivity index (χ0) is 19.1. The third-order valence-corrected chi connectivity index (χ3v) is 5.10. The summed E-state index contributed by atoms with van der Waals surface area (Å²) in [5.41, 5.74) is 3.41. The van der Waals surface area contributed by atoms with Gasteiger partial charge in [-0.05, 0) is 67.0 Å². The van der Waals surface area contributed by atoms with Crippen molar-refractivity contribution in [1.82, 2.24) is 5.32 Å². The molecule has 0 radical (unpaired) electrons. The normalized spacial score (nSPS) is 12.1. The third-order valence-electron chi connectivity index (χ3n) is 4.06. The van der Waals surface area contributed by atoms with Crippen LogP contribution >= 0.6 is 11.8 Å². The van der Waals surface area contributed by atoms with Gasteiger partial charge in [-0.3, -0.25) is 4.79 Å². The molecule has 0 bridgehead atoms. The number of nitrogens with one attached hydrogen (secondary N) is 1. The largest absolute Gasteiger partial charge is 0.494 e. The van der Waals surface area contributed by atoms with Gasteiger partial charge in [0.2, 0.25) is 12.7 Å². The molecule has 6 heteroatoms. The van der Waals surface area contributed by atoms with Crippen LogP contribution in [-0.4, -0.2) is 30.8 Å². The monoisotopic (exact) mass is 387 g/mol. The van der Waals surface area contributed by atoms with E-state index in [1.165, 1.54) is 11.1 Å². The maximum atomic E-state index is 12.0. The first-order chi connectivity index (χ1) is 13.1. The summed E-state index contributed by atoms with van der Waals surface area (Å²) < 4.78 is 16.4. The second-order valence-electron chi connectivity index (χ2n) is 6.54. The molecule has 27 heavy (non-hydrogen) atoms. The van der Waals surface area contributed by atoms with Gasteiger partial charge in [-0.15, -0.1) is 0 Å². The number of benzene rings is 2. The highest BCUT2D eigenvalue weighted by atomic mass is 32.2. The molecule has 1 N–H and O–H groups in total. The molecule has 144 valence electrons. The van der Waals surface area contributed by atoms with Crippen molar-refractivity contribution in [2.45, 2.75) is 26.8 Å². The number of rotatable bonds is 9. The maximum Gasteiger partial charge on any atom is 0.231 e. The Morgan fingerprint density at radius 2 is 1.89 bits per heavy atom. The molecule has 0 saturated heterocycles. The molecule has 0 atom stereocenters. The van der Waals surface area contributed by atoms with Crippen molar-refractivity contribution in [2.75, 3.05) is 24.9 Å². The van der Waals surface area contributed by atoms with Crippen molar-refractivity contribution >= 4 is 17.7 Å². The summed E-state index contributed by atoms with van der Waals surface area (Å²) in [7, 11) is 0. The molecular formula is C21H25NO4S. The Labute approximate surface area is 164 Å². The second kappa shape index (κ2) is 9.55. The van der Waals surface area contributed by atoms with Gasteiger partial charge in [-0.1, -0.05) is 12.1 Å². The van der Waals surface area contributed by atoms with Gasteiger partial charge < -0.3 is 19.5 Å². The molecule has 0 aromatic heterocycles. The first kappa shape index (κ1) is 19.4. The Morgan fingerprint density at radius 1 is 1.11 bits per heavy atom. The maximum absolute atomic E-state index is 12.0. The summed E-state index contributed by atoms with van der Waals surface area (Å²) in [6.45, 7) is 5.55. The van der Waals surface area contributed by atoms with Crippen molar-refractivity contribution in [3.63, 3.8) is 0 Å². The topological polar surface area (TPSA) is 56.8 Å². The fraction of sp³-hybridized carbons (Fsp3) is 0.381. The van der Waals surface area contributed by atoms with Crippen molar-refractivity contribution in [2.24, 2.45) is 0 Å². The lowest BCUT2D eigenvalue weighted by atomic mass is 10.1. The lowest BCUT2D eigenvalue weighted by molar-refractivity contribution is -0.118. The minimum Gasteiger partial charge on any atom is -0.494 e. The Morgan fingerprint density at radius 3 is 2.70 bits per heavy atom. The molecule has 2 aromatic carbocycles. The molecule has 5 nitrogen and oxygen atoms in total. The van der Waals surface area contributed by atoms with Gasteiger partial charge in [0.05, 0.1) is 12.4 Å². The SMILES string of the molecule is Cc1cc(C)cc(OCCCSCC(=O)NCc2ccc3c(c2)OCO3)c1. The van der Waals surface area contributed by atoms with Crippen LogP contribution in [0.3, 0.4) is 0 Å². The zero-order valence-electron chi connectivity index (χ0n) is 15.7. The molecule has 1 heterocycles. The number of aryl methyl sites for hydroxylation is 2. The molecular weight excluding hydrogens is 362 g/mol. The lowest BCUT2D eigenvalue weighted by Crippen LogP contribution is -2.24. The van der Waals surface area contributed by atoms with Crippen LogP contribution in [0.25, 0.3) is 0 Å². The van der Waals surface area contributed by atoms with Crippen LogP contribution < -0.4 is 19.5 Å². The Hall–Kier alpha value is -2.34. The van der Waals surface area contributed by atoms with E-state index in [9.17, 15) is 4.79 Å². The van der Waals surface area contributed by atoms with Crippen LogP contribution in [0, 0.1) is 13.8 Å². The van der Waals surface area contributed by atoms with Gasteiger partial charge in [-0.25, -0.2) is 0 Å². The average molecular weight is 388 g/mol. The minimum absolute atomic E-state index is 0.0351. The fourth-order valence-electron chi connectivity index (χ4n) is 2.83. The fourth-order valence-corrected chi connectivity index (χ4v) is 3.59. The van der Waals surface area contributed by atoms with E-state index in [1.54, 1.807) is 11.8 Å². The van der Waals surface area contributed by atoms with E-state index in [0.717, 1.165) is 35.0 Å². The Balaban J connectivity index is 1.27. The summed E-state index contributed by atoms with van der Waals surface area (Å²) in [4.78, 5) is 12.0. The van der Waals surface area contributed by atoms with Crippen molar-refractivity contribution < 1.29 is 19.0 Å². The molecule has 1 aliphatic rings. The molecule has 0 spiro atoms. The summed E-state index contributed by atoms with van der Waals surface area (Å²) in [5.74, 6) is 3.78. The van der Waals surface area contributed by atoms with Crippen LogP contribution in [0.5, 0.6) is 17.2 Å². The number of fused-ring (bicyclic) bond motifs is 1. The van der Waals surface area contributed by atoms with Gasteiger partial charge in [-0.2, -0.15) is 11.8 Å². The number of ether oxygens (including phenoxy) is 3. The number of thioether (sulfide) groups is 1. The molecule has 1 amide bonds. The minimum atomic E-state index is 0.0351. The van der Waals surface area contributed by atoms with Gasteiger partial charge >= 0.3 is 0 Å². The number of carbonyl (C=O) groups excluding carboxylic acids is 1. The van der Waals surface area contributed by atoms with E-state index in [0.29, 0.717) is 18.9 Å². The Bertz CT molecular complexity index is 773. The standard InChI is InChI=1S/C21H25NO4S/c1-15-8-16(2)10-18(9-15)24-6-3-7-27-13-21(23)22-12-17-4-5-19-20(11-17)26-14-25-19/h4-5,8-11H,3,6-7,12-14H2,1-2H3,(H,22,23). The van der Waals surface area contributed by atoms with Crippen LogP contribution in [0.2, 0.25) is 0 Å². The zero-order valence-corrected chi connectivity index (χ0v) is 16.6. The number of amides is 1. The molecule has 2 aromatic rings. The molecule has 0 fully saturated rings. The van der Waals surface area contributed by atoms with E-state index < -0.39 is 0 Å². The highest BCUT2D eigenvalue weighted by Crippen LogP contribution is 2.32. The quantitative estimate of drug-likeness (QED) is 0.663. The van der Waals surface area contributed by atoms with Crippen molar-refractivity contribution in [3.8, 4) is 17.2 Å². The van der Waals surface area contributed by atoms with Gasteiger partial charge in [0.1, 0.15) is 5.75 Å². The summed E-state index contributed by atoms with van der Waals surface area (Å²) in [6.07, 6.45) is 0.910. The van der Waals surface area contributed by atoms with Gasteiger partial charge in [0, 0.05) is 6.54 Å². The predicted molar refractivity (Wildman–Crippen MR) is 108 cm³/mol. The molecule has 0 unspecified atom stereocenters. The van der Waals surface area contributed by atoms with Crippen LogP contribution in [0.4, 0.5) is 0 Å². The molecule has 1 aliphatic heterocycles. The lowest BCUT2D eigenvalue weighted by Gasteiger charge is -2.08. The first-order valence-corrected chi connectivity index (χ1v) is 10.2. The number of hydrogen-bond acceptors (Lipinski definition) is 5.